The van der Waals surface area contributed by atoms with Crippen LogP contribution in [-0.4, -0.2) is 42.3 Å². The second kappa shape index (κ2) is 11.0. The lowest BCUT2D eigenvalue weighted by atomic mass is 10.1. The Bertz CT molecular complexity index is 963. The van der Waals surface area contributed by atoms with Gasteiger partial charge in [0.15, 0.2) is 12.4 Å². The summed E-state index contributed by atoms with van der Waals surface area (Å²) in [6.07, 6.45) is -3.56. The first-order valence-corrected chi connectivity index (χ1v) is 10.6. The van der Waals surface area contributed by atoms with Gasteiger partial charge in [-0.1, -0.05) is 78.9 Å². The third kappa shape index (κ3) is 5.81. The molecule has 32 heavy (non-hydrogen) atoms. The molecule has 6 nitrogen and oxygen atoms in total. The second-order valence-electron chi connectivity index (χ2n) is 7.56. The number of ether oxygens (including phenoxy) is 4. The van der Waals surface area contributed by atoms with Gasteiger partial charge in [0.05, 0.1) is 25.4 Å². The van der Waals surface area contributed by atoms with E-state index >= 15 is 0 Å². The van der Waals surface area contributed by atoms with Crippen LogP contribution in [0.3, 0.4) is 0 Å². The zero-order valence-electron chi connectivity index (χ0n) is 17.6. The first-order chi connectivity index (χ1) is 15.7. The average molecular weight is 434 g/mol. The van der Waals surface area contributed by atoms with Gasteiger partial charge in [0.2, 0.25) is 0 Å². The van der Waals surface area contributed by atoms with E-state index in [1.807, 2.05) is 66.7 Å². The molecule has 3 aromatic carbocycles. The van der Waals surface area contributed by atoms with Crippen molar-refractivity contribution in [2.45, 2.75) is 37.8 Å². The Morgan fingerprint density at radius 2 is 1.34 bits per heavy atom. The molecule has 6 heteroatoms. The molecule has 0 aliphatic carbocycles. The van der Waals surface area contributed by atoms with Gasteiger partial charge < -0.3 is 24.1 Å². The molecule has 1 aliphatic rings. The van der Waals surface area contributed by atoms with E-state index in [9.17, 15) is 9.90 Å². The van der Waals surface area contributed by atoms with E-state index in [0.717, 1.165) is 11.1 Å². The van der Waals surface area contributed by atoms with Gasteiger partial charge in [-0.2, -0.15) is 0 Å². The number of aliphatic hydroxyl groups excluding tert-OH is 1. The third-order valence-electron chi connectivity index (χ3n) is 5.22. The first kappa shape index (κ1) is 22.2. The summed E-state index contributed by atoms with van der Waals surface area (Å²) in [6.45, 7) is 0.873. The average Bonchev–Trinajstić information content (AvgIpc) is 3.13. The third-order valence-corrected chi connectivity index (χ3v) is 5.22. The van der Waals surface area contributed by atoms with E-state index in [1.165, 1.54) is 0 Å². The summed E-state index contributed by atoms with van der Waals surface area (Å²) >= 11 is 0. The van der Waals surface area contributed by atoms with Crippen molar-refractivity contribution in [2.24, 2.45) is 0 Å². The zero-order chi connectivity index (χ0) is 22.2. The quantitative estimate of drug-likeness (QED) is 0.518. The highest BCUT2D eigenvalue weighted by molar-refractivity contribution is 5.89. The molecule has 1 N–H and O–H groups in total. The number of esters is 1. The van der Waals surface area contributed by atoms with E-state index in [-0.39, 0.29) is 13.2 Å². The number of rotatable bonds is 9. The van der Waals surface area contributed by atoms with Crippen molar-refractivity contribution in [2.75, 3.05) is 6.61 Å². The number of benzene rings is 3. The Morgan fingerprint density at radius 1 is 0.781 bits per heavy atom. The number of carbonyl (C=O) groups excluding carboxylic acids is 1. The molecule has 0 saturated carbocycles. The topological polar surface area (TPSA) is 74.2 Å². The highest BCUT2D eigenvalue weighted by Gasteiger charge is 2.47. The summed E-state index contributed by atoms with van der Waals surface area (Å²) in [5.41, 5.74) is 2.39. The predicted molar refractivity (Wildman–Crippen MR) is 118 cm³/mol. The van der Waals surface area contributed by atoms with Crippen molar-refractivity contribution >= 4 is 5.97 Å². The minimum Gasteiger partial charge on any atom is -0.450 e. The van der Waals surface area contributed by atoms with Gasteiger partial charge in [0, 0.05) is 0 Å². The highest BCUT2D eigenvalue weighted by Crippen LogP contribution is 2.28. The van der Waals surface area contributed by atoms with Crippen molar-refractivity contribution in [1.82, 2.24) is 0 Å². The lowest BCUT2D eigenvalue weighted by Crippen LogP contribution is -2.40. The highest BCUT2D eigenvalue weighted by atomic mass is 16.7. The monoisotopic (exact) mass is 434 g/mol. The Balaban J connectivity index is 1.43. The van der Waals surface area contributed by atoms with Gasteiger partial charge in [-0.05, 0) is 23.3 Å². The van der Waals surface area contributed by atoms with Crippen LogP contribution in [0.5, 0.6) is 0 Å². The lowest BCUT2D eigenvalue weighted by molar-refractivity contribution is -0.139. The van der Waals surface area contributed by atoms with Gasteiger partial charge in [-0.3, -0.25) is 0 Å². The fourth-order valence-electron chi connectivity index (χ4n) is 3.57. The van der Waals surface area contributed by atoms with Crippen LogP contribution >= 0.6 is 0 Å². The molecule has 1 saturated heterocycles. The molecule has 166 valence electrons. The smallest absolute Gasteiger partial charge is 0.338 e. The summed E-state index contributed by atoms with van der Waals surface area (Å²) in [6, 6.07) is 28.1. The molecule has 1 heterocycles. The SMILES string of the molecule is O=C(O[C@H]1[C@H](OCc2ccccc2)[C@@H](COCc2ccccc2)O[C@@H]1O)c1ccccc1. The molecule has 0 amide bonds. The normalized spacial score (nSPS) is 22.5. The van der Waals surface area contributed by atoms with Crippen molar-refractivity contribution < 1.29 is 28.8 Å². The van der Waals surface area contributed by atoms with Crippen molar-refractivity contribution in [3.05, 3.63) is 108 Å². The van der Waals surface area contributed by atoms with Crippen LogP contribution in [-0.2, 0) is 32.2 Å². The minimum atomic E-state index is -1.31. The van der Waals surface area contributed by atoms with Crippen LogP contribution in [0.4, 0.5) is 0 Å². The van der Waals surface area contributed by atoms with Crippen LogP contribution in [0.15, 0.2) is 91.0 Å². The van der Waals surface area contributed by atoms with E-state index < -0.39 is 30.6 Å². The Morgan fingerprint density at radius 3 is 1.97 bits per heavy atom. The molecular formula is C26H26O6. The molecule has 1 fully saturated rings. The maximum atomic E-state index is 12.6. The van der Waals surface area contributed by atoms with E-state index in [4.69, 9.17) is 18.9 Å². The molecule has 0 radical (unpaired) electrons. The number of hydrogen-bond acceptors (Lipinski definition) is 6. The largest absolute Gasteiger partial charge is 0.450 e. The van der Waals surface area contributed by atoms with E-state index in [1.54, 1.807) is 24.3 Å². The summed E-state index contributed by atoms with van der Waals surface area (Å²) < 4.78 is 23.2. The van der Waals surface area contributed by atoms with Crippen LogP contribution in [0.1, 0.15) is 21.5 Å². The van der Waals surface area contributed by atoms with Gasteiger partial charge in [0.25, 0.3) is 0 Å². The van der Waals surface area contributed by atoms with Gasteiger partial charge >= 0.3 is 5.97 Å². The number of aliphatic hydroxyl groups is 1. The molecule has 0 unspecified atom stereocenters. The second-order valence-corrected chi connectivity index (χ2v) is 7.56. The van der Waals surface area contributed by atoms with Gasteiger partial charge in [-0.15, -0.1) is 0 Å². The predicted octanol–water partition coefficient (Wildman–Crippen LogP) is 3.73. The molecule has 4 atom stereocenters. The van der Waals surface area contributed by atoms with Gasteiger partial charge in [0.1, 0.15) is 12.2 Å². The first-order valence-electron chi connectivity index (χ1n) is 10.6. The molecular weight excluding hydrogens is 408 g/mol. The molecule has 0 bridgehead atoms. The summed E-state index contributed by atoms with van der Waals surface area (Å²) in [7, 11) is 0. The summed E-state index contributed by atoms with van der Waals surface area (Å²) in [5.74, 6) is -0.544. The van der Waals surface area contributed by atoms with Gasteiger partial charge in [-0.25, -0.2) is 4.79 Å². The Kier molecular flexibility index (Phi) is 7.64. The molecule has 0 aromatic heterocycles. The fraction of sp³-hybridized carbons (Fsp3) is 0.269. The van der Waals surface area contributed by atoms with E-state index in [0.29, 0.717) is 12.2 Å². The van der Waals surface area contributed by atoms with Crippen LogP contribution in [0, 0.1) is 0 Å². The Hall–Kier alpha value is -3.03. The number of carbonyl (C=O) groups is 1. The lowest BCUT2D eigenvalue weighted by Gasteiger charge is -2.23. The Labute approximate surface area is 187 Å². The standard InChI is InChI=1S/C26H26O6/c27-25(21-14-8-3-9-15-21)32-24-23(30-17-20-12-6-2-7-13-20)22(31-26(24)28)18-29-16-19-10-4-1-5-11-19/h1-15,22-24,26,28H,16-18H2/t22-,23-,24+,26+/m1/s1. The van der Waals surface area contributed by atoms with Crippen LogP contribution < -0.4 is 0 Å². The van der Waals surface area contributed by atoms with Crippen molar-refractivity contribution in [3.8, 4) is 0 Å². The maximum Gasteiger partial charge on any atom is 0.338 e. The maximum absolute atomic E-state index is 12.6. The summed E-state index contributed by atoms with van der Waals surface area (Å²) in [5, 5.41) is 10.5. The molecule has 4 rings (SSSR count). The van der Waals surface area contributed by atoms with E-state index in [2.05, 4.69) is 0 Å². The fourth-order valence-corrected chi connectivity index (χ4v) is 3.57. The van der Waals surface area contributed by atoms with Crippen molar-refractivity contribution in [3.63, 3.8) is 0 Å². The number of hydrogen-bond donors (Lipinski definition) is 1. The summed E-state index contributed by atoms with van der Waals surface area (Å²) in [4.78, 5) is 12.6. The van der Waals surface area contributed by atoms with Crippen LogP contribution in [0.25, 0.3) is 0 Å². The molecule has 3 aromatic rings. The zero-order valence-corrected chi connectivity index (χ0v) is 17.6. The molecule has 1 aliphatic heterocycles. The minimum absolute atomic E-state index is 0.185. The van der Waals surface area contributed by atoms with Crippen LogP contribution in [0.2, 0.25) is 0 Å². The van der Waals surface area contributed by atoms with Crippen molar-refractivity contribution in [1.29, 1.82) is 0 Å². The molecule has 0 spiro atoms.